The third-order valence-electron chi connectivity index (χ3n) is 6.73. The van der Waals surface area contributed by atoms with Gasteiger partial charge in [-0.05, 0) is 43.9 Å². The van der Waals surface area contributed by atoms with E-state index in [0.29, 0.717) is 12.0 Å². The number of rotatable bonds is 6. The summed E-state index contributed by atoms with van der Waals surface area (Å²) in [6.07, 6.45) is 4.84. The summed E-state index contributed by atoms with van der Waals surface area (Å²) in [5.74, 6) is 1.31. The lowest BCUT2D eigenvalue weighted by Crippen LogP contribution is -3.29. The molecule has 1 saturated heterocycles. The van der Waals surface area contributed by atoms with Gasteiger partial charge >= 0.3 is 0 Å². The van der Waals surface area contributed by atoms with Gasteiger partial charge in [-0.3, -0.25) is 4.79 Å². The highest BCUT2D eigenvalue weighted by molar-refractivity contribution is 5.80. The van der Waals surface area contributed by atoms with E-state index in [1.165, 1.54) is 35.1 Å². The number of nitrogens with one attached hydrogen (secondary N) is 3. The first-order chi connectivity index (χ1) is 13.5. The summed E-state index contributed by atoms with van der Waals surface area (Å²) in [5.41, 5.74) is 0.915. The van der Waals surface area contributed by atoms with Crippen molar-refractivity contribution in [2.24, 2.45) is 5.92 Å². The maximum absolute atomic E-state index is 13.6. The van der Waals surface area contributed by atoms with E-state index >= 15 is 0 Å². The van der Waals surface area contributed by atoms with Crippen LogP contribution >= 0.6 is 0 Å². The van der Waals surface area contributed by atoms with Crippen molar-refractivity contribution >= 4 is 5.91 Å². The number of benzene rings is 1. The summed E-state index contributed by atoms with van der Waals surface area (Å²) >= 11 is 0. The van der Waals surface area contributed by atoms with Crippen molar-refractivity contribution < 1.29 is 23.7 Å². The molecule has 0 bridgehead atoms. The quantitative estimate of drug-likeness (QED) is 0.647. The van der Waals surface area contributed by atoms with Crippen LogP contribution in [0.15, 0.2) is 18.2 Å². The fraction of sp³-hybridized carbons (Fsp3) is 0.682. The van der Waals surface area contributed by atoms with E-state index in [1.807, 2.05) is 0 Å². The van der Waals surface area contributed by atoms with E-state index in [-0.39, 0.29) is 17.8 Å². The molecule has 1 aliphatic heterocycles. The highest BCUT2D eigenvalue weighted by Gasteiger charge is 2.33. The van der Waals surface area contributed by atoms with Gasteiger partial charge in [0.25, 0.3) is 5.91 Å². The van der Waals surface area contributed by atoms with Crippen LogP contribution in [-0.2, 0) is 11.3 Å². The lowest BCUT2D eigenvalue weighted by molar-refractivity contribution is -1.02. The average Bonchev–Trinajstić information content (AvgIpc) is 2.70. The third kappa shape index (κ3) is 5.23. The second-order valence-electron chi connectivity index (χ2n) is 8.64. The molecule has 3 rings (SSSR count). The zero-order valence-electron chi connectivity index (χ0n) is 17.5. The van der Waals surface area contributed by atoms with Gasteiger partial charge in [0.2, 0.25) is 0 Å². The Morgan fingerprint density at radius 1 is 1.25 bits per heavy atom. The number of hydrogen-bond donors (Lipinski definition) is 3. The molecule has 28 heavy (non-hydrogen) atoms. The van der Waals surface area contributed by atoms with Gasteiger partial charge in [0.15, 0.2) is 6.04 Å². The van der Waals surface area contributed by atoms with Gasteiger partial charge in [-0.15, -0.1) is 0 Å². The normalized spacial score (nSPS) is 29.1. The molecule has 156 valence electrons. The average molecular weight is 394 g/mol. The Labute approximate surface area is 168 Å². The number of quaternary nitrogens is 2. The molecule has 1 saturated carbocycles. The predicted molar refractivity (Wildman–Crippen MR) is 107 cm³/mol. The largest absolute Gasteiger partial charge is 0.496 e. The van der Waals surface area contributed by atoms with Gasteiger partial charge in [0.1, 0.15) is 44.3 Å². The number of ether oxygens (including phenoxy) is 1. The van der Waals surface area contributed by atoms with Crippen LogP contribution in [0.4, 0.5) is 4.39 Å². The van der Waals surface area contributed by atoms with Crippen molar-refractivity contribution in [3.8, 4) is 5.75 Å². The van der Waals surface area contributed by atoms with Gasteiger partial charge in [-0.2, -0.15) is 0 Å². The van der Waals surface area contributed by atoms with Crippen LogP contribution < -0.4 is 19.9 Å². The Bertz CT molecular complexity index is 661. The van der Waals surface area contributed by atoms with E-state index in [9.17, 15) is 9.18 Å². The number of methoxy groups -OCH3 is 1. The van der Waals surface area contributed by atoms with Crippen molar-refractivity contribution in [3.05, 3.63) is 29.6 Å². The Balaban J connectivity index is 1.49. The van der Waals surface area contributed by atoms with Crippen molar-refractivity contribution in [2.45, 2.75) is 58.2 Å². The minimum atomic E-state index is -0.221. The summed E-state index contributed by atoms with van der Waals surface area (Å²) in [6.45, 7) is 8.94. The number of piperazine rings is 1. The minimum absolute atomic E-state index is 0.0145. The number of amides is 1. The summed E-state index contributed by atoms with van der Waals surface area (Å²) in [6, 6.07) is 5.04. The molecule has 2 aliphatic rings. The van der Waals surface area contributed by atoms with Crippen molar-refractivity contribution in [1.29, 1.82) is 0 Å². The van der Waals surface area contributed by atoms with Crippen LogP contribution in [0.5, 0.6) is 5.75 Å². The molecule has 5 nitrogen and oxygen atoms in total. The lowest BCUT2D eigenvalue weighted by Gasteiger charge is -2.35. The molecular formula is C22H36FN3O2+2. The summed E-state index contributed by atoms with van der Waals surface area (Å²) in [7, 11) is 1.63. The van der Waals surface area contributed by atoms with Crippen molar-refractivity contribution in [3.63, 3.8) is 0 Å². The molecule has 1 aromatic carbocycles. The standard InChI is InChI=1S/C22H34FN3O2/c1-16-6-4-5-7-20(16)24-22(27)17(2)26-12-10-25(11-13-26)15-18-14-19(23)8-9-21(18)28-3/h8-9,14,16-17,20H,4-7,10-13,15H2,1-3H3,(H,24,27)/p+2/t16-,17-,20-/m1/s1. The maximum atomic E-state index is 13.6. The zero-order chi connectivity index (χ0) is 20.1. The van der Waals surface area contributed by atoms with E-state index in [2.05, 4.69) is 19.2 Å². The van der Waals surface area contributed by atoms with Crippen molar-refractivity contribution in [2.75, 3.05) is 33.3 Å². The van der Waals surface area contributed by atoms with Crippen LogP contribution in [0.3, 0.4) is 0 Å². The number of carbonyl (C=O) groups excluding carboxylic acids is 1. The monoisotopic (exact) mass is 393 g/mol. The number of hydrogen-bond acceptors (Lipinski definition) is 2. The van der Waals surface area contributed by atoms with Gasteiger partial charge in [-0.1, -0.05) is 19.8 Å². The highest BCUT2D eigenvalue weighted by Crippen LogP contribution is 2.23. The maximum Gasteiger partial charge on any atom is 0.278 e. The second kappa shape index (κ2) is 9.70. The summed E-state index contributed by atoms with van der Waals surface area (Å²) < 4.78 is 19.0. The minimum Gasteiger partial charge on any atom is -0.496 e. The smallest absolute Gasteiger partial charge is 0.278 e. The first-order valence-corrected chi connectivity index (χ1v) is 10.8. The molecule has 0 radical (unpaired) electrons. The van der Waals surface area contributed by atoms with Gasteiger partial charge in [0.05, 0.1) is 12.7 Å². The van der Waals surface area contributed by atoms with Gasteiger partial charge in [0, 0.05) is 6.04 Å². The molecule has 6 heteroatoms. The van der Waals surface area contributed by atoms with Crippen LogP contribution in [0.1, 0.15) is 45.1 Å². The first kappa shape index (κ1) is 21.1. The molecule has 0 spiro atoms. The molecule has 2 fully saturated rings. The molecule has 3 N–H and O–H groups in total. The molecule has 0 unspecified atom stereocenters. The number of carbonyl (C=O) groups is 1. The van der Waals surface area contributed by atoms with E-state index in [1.54, 1.807) is 19.2 Å². The summed E-state index contributed by atoms with van der Waals surface area (Å²) in [5, 5.41) is 3.31. The van der Waals surface area contributed by atoms with Crippen LogP contribution in [0, 0.1) is 11.7 Å². The van der Waals surface area contributed by atoms with Gasteiger partial charge < -0.3 is 19.9 Å². The van der Waals surface area contributed by atoms with Crippen LogP contribution in [-0.4, -0.2) is 51.3 Å². The fourth-order valence-electron chi connectivity index (χ4n) is 4.71. The Morgan fingerprint density at radius 3 is 2.64 bits per heavy atom. The third-order valence-corrected chi connectivity index (χ3v) is 6.73. The van der Waals surface area contributed by atoms with Crippen molar-refractivity contribution in [1.82, 2.24) is 5.32 Å². The van der Waals surface area contributed by atoms with Crippen LogP contribution in [0.25, 0.3) is 0 Å². The molecular weight excluding hydrogens is 357 g/mol. The number of halogens is 1. The van der Waals surface area contributed by atoms with E-state index < -0.39 is 0 Å². The molecule has 3 atom stereocenters. The molecule has 1 aromatic rings. The highest BCUT2D eigenvalue weighted by atomic mass is 19.1. The SMILES string of the molecule is COc1ccc(F)cc1C[NH+]1CC[NH+]([C@H](C)C(=O)N[C@@H]2CCCC[C@H]2C)CC1. The van der Waals surface area contributed by atoms with E-state index in [0.717, 1.165) is 50.5 Å². The lowest BCUT2D eigenvalue weighted by atomic mass is 9.86. The van der Waals surface area contributed by atoms with E-state index in [4.69, 9.17) is 4.74 Å². The van der Waals surface area contributed by atoms with Gasteiger partial charge in [-0.25, -0.2) is 4.39 Å². The molecule has 1 aliphatic carbocycles. The molecule has 0 aromatic heterocycles. The topological polar surface area (TPSA) is 47.2 Å². The Kier molecular flexibility index (Phi) is 7.30. The first-order valence-electron chi connectivity index (χ1n) is 10.8. The Hall–Kier alpha value is -1.66. The zero-order valence-corrected chi connectivity index (χ0v) is 17.5. The molecule has 1 amide bonds. The predicted octanol–water partition coefficient (Wildman–Crippen LogP) is 0.201. The second-order valence-corrected chi connectivity index (χ2v) is 8.64. The van der Waals surface area contributed by atoms with Crippen LogP contribution in [0.2, 0.25) is 0 Å². The summed E-state index contributed by atoms with van der Waals surface area (Å²) in [4.78, 5) is 15.5. The fourth-order valence-corrected chi connectivity index (χ4v) is 4.71. The molecule has 1 heterocycles. The Morgan fingerprint density at radius 2 is 1.96 bits per heavy atom.